The number of para-hydroxylation sites is 1. The normalized spacial score (nSPS) is 11.8. The lowest BCUT2D eigenvalue weighted by Crippen LogP contribution is -2.10. The minimum atomic E-state index is 1.15. The van der Waals surface area contributed by atoms with Crippen LogP contribution in [0.25, 0.3) is 63.3 Å². The van der Waals surface area contributed by atoms with Crippen molar-refractivity contribution in [3.05, 3.63) is 152 Å². The van der Waals surface area contributed by atoms with Crippen molar-refractivity contribution in [1.82, 2.24) is 0 Å². The zero-order chi connectivity index (χ0) is 27.6. The van der Waals surface area contributed by atoms with Crippen LogP contribution in [-0.4, -0.2) is 0 Å². The maximum Gasteiger partial charge on any atom is 0.0554 e. The van der Waals surface area contributed by atoms with Gasteiger partial charge in [-0.05, 0) is 79.5 Å². The van der Waals surface area contributed by atoms with Gasteiger partial charge in [-0.1, -0.05) is 115 Å². The van der Waals surface area contributed by atoms with Crippen LogP contribution < -0.4 is 4.90 Å². The summed E-state index contributed by atoms with van der Waals surface area (Å²) in [4.78, 5) is 2.44. The van der Waals surface area contributed by atoms with Crippen molar-refractivity contribution in [2.45, 2.75) is 0 Å². The van der Waals surface area contributed by atoms with Gasteiger partial charge in [-0.2, -0.15) is 0 Å². The van der Waals surface area contributed by atoms with Crippen LogP contribution in [-0.2, 0) is 0 Å². The predicted octanol–water partition coefficient (Wildman–Crippen LogP) is 12.1. The average molecular weight is 552 g/mol. The second-order valence-electron chi connectivity index (χ2n) is 10.9. The molecular weight excluding hydrogens is 527 g/mol. The zero-order valence-electron chi connectivity index (χ0n) is 22.8. The molecule has 0 aliphatic heterocycles. The summed E-state index contributed by atoms with van der Waals surface area (Å²) in [6.45, 7) is 0. The Morgan fingerprint density at radius 2 is 1.02 bits per heavy atom. The first kappa shape index (κ1) is 23.5. The highest BCUT2D eigenvalue weighted by Crippen LogP contribution is 2.47. The third kappa shape index (κ3) is 3.49. The summed E-state index contributed by atoms with van der Waals surface area (Å²) in [5.41, 5.74) is 3.50. The molecule has 0 aliphatic carbocycles. The summed E-state index contributed by atoms with van der Waals surface area (Å²) in [5.74, 6) is 0. The SMILES string of the molecule is c1ccc(N(c2ccc3ccc4ccc5ccccc5c4c3c2)c2cccc3sc4c5ccccc5ccc4c23)cc1. The van der Waals surface area contributed by atoms with Gasteiger partial charge in [-0.15, -0.1) is 11.3 Å². The van der Waals surface area contributed by atoms with Gasteiger partial charge in [-0.3, -0.25) is 0 Å². The number of rotatable bonds is 3. The molecule has 0 aliphatic rings. The molecule has 196 valence electrons. The number of hydrogen-bond acceptors (Lipinski definition) is 2. The Balaban J connectivity index is 1.37. The van der Waals surface area contributed by atoms with Gasteiger partial charge >= 0.3 is 0 Å². The van der Waals surface area contributed by atoms with Crippen LogP contribution in [0.2, 0.25) is 0 Å². The van der Waals surface area contributed by atoms with Crippen molar-refractivity contribution in [2.24, 2.45) is 0 Å². The molecule has 1 nitrogen and oxygen atoms in total. The third-order valence-electron chi connectivity index (χ3n) is 8.59. The van der Waals surface area contributed by atoms with Crippen LogP contribution in [0.15, 0.2) is 152 Å². The van der Waals surface area contributed by atoms with Crippen molar-refractivity contribution >= 4 is 91.7 Å². The number of benzene rings is 8. The minimum absolute atomic E-state index is 1.15. The molecule has 0 unspecified atom stereocenters. The van der Waals surface area contributed by atoms with Crippen LogP contribution in [0.4, 0.5) is 17.1 Å². The van der Waals surface area contributed by atoms with Gasteiger partial charge in [0.15, 0.2) is 0 Å². The maximum atomic E-state index is 2.44. The Labute approximate surface area is 247 Å². The summed E-state index contributed by atoms with van der Waals surface area (Å²) in [6.07, 6.45) is 0. The van der Waals surface area contributed by atoms with E-state index < -0.39 is 0 Å². The van der Waals surface area contributed by atoms with E-state index in [1.54, 1.807) is 0 Å². The number of anilines is 3. The summed E-state index contributed by atoms with van der Waals surface area (Å²) < 4.78 is 2.65. The van der Waals surface area contributed by atoms with Gasteiger partial charge in [0.05, 0.1) is 5.69 Å². The van der Waals surface area contributed by atoms with E-state index in [1.165, 1.54) is 68.9 Å². The second kappa shape index (κ2) is 9.17. The molecule has 8 aromatic carbocycles. The lowest BCUT2D eigenvalue weighted by atomic mass is 9.96. The molecular formula is C40H25NS. The Morgan fingerprint density at radius 3 is 1.86 bits per heavy atom. The summed E-state index contributed by atoms with van der Waals surface area (Å²) in [6, 6.07) is 55.5. The molecule has 0 bridgehead atoms. The fourth-order valence-corrected chi connectivity index (χ4v) is 7.94. The topological polar surface area (TPSA) is 3.24 Å². The lowest BCUT2D eigenvalue weighted by Gasteiger charge is -2.27. The highest BCUT2D eigenvalue weighted by molar-refractivity contribution is 7.26. The number of hydrogen-bond donors (Lipinski definition) is 0. The van der Waals surface area contributed by atoms with Crippen LogP contribution >= 0.6 is 11.3 Å². The minimum Gasteiger partial charge on any atom is -0.310 e. The zero-order valence-corrected chi connectivity index (χ0v) is 23.6. The molecule has 1 aromatic heterocycles. The molecule has 0 atom stereocenters. The number of thiophene rings is 1. The number of nitrogens with zero attached hydrogens (tertiary/aromatic N) is 1. The Kier molecular flexibility index (Phi) is 5.13. The smallest absolute Gasteiger partial charge is 0.0554 e. The van der Waals surface area contributed by atoms with Gasteiger partial charge in [0.25, 0.3) is 0 Å². The first-order valence-electron chi connectivity index (χ1n) is 14.4. The first-order valence-corrected chi connectivity index (χ1v) is 15.2. The van der Waals surface area contributed by atoms with Gasteiger partial charge in [0, 0.05) is 31.5 Å². The fourth-order valence-electron chi connectivity index (χ4n) is 6.68. The van der Waals surface area contributed by atoms with E-state index in [0.29, 0.717) is 0 Å². The van der Waals surface area contributed by atoms with Crippen molar-refractivity contribution in [3.63, 3.8) is 0 Å². The summed E-state index contributed by atoms with van der Waals surface area (Å²) >= 11 is 1.89. The largest absolute Gasteiger partial charge is 0.310 e. The van der Waals surface area contributed by atoms with Crippen LogP contribution in [0.3, 0.4) is 0 Å². The molecule has 1 heterocycles. The van der Waals surface area contributed by atoms with E-state index in [4.69, 9.17) is 0 Å². The number of fused-ring (bicyclic) bond motifs is 10. The molecule has 0 radical (unpaired) electrons. The van der Waals surface area contributed by atoms with E-state index in [1.807, 2.05) is 11.3 Å². The van der Waals surface area contributed by atoms with E-state index in [0.717, 1.165) is 11.4 Å². The van der Waals surface area contributed by atoms with E-state index in [9.17, 15) is 0 Å². The Morgan fingerprint density at radius 1 is 0.381 bits per heavy atom. The Hall–Kier alpha value is -5.18. The highest BCUT2D eigenvalue weighted by Gasteiger charge is 2.20. The van der Waals surface area contributed by atoms with Crippen molar-refractivity contribution in [3.8, 4) is 0 Å². The molecule has 0 spiro atoms. The molecule has 0 fully saturated rings. The summed E-state index contributed by atoms with van der Waals surface area (Å²) in [7, 11) is 0. The predicted molar refractivity (Wildman–Crippen MR) is 184 cm³/mol. The third-order valence-corrected chi connectivity index (χ3v) is 9.79. The van der Waals surface area contributed by atoms with Crippen LogP contribution in [0.5, 0.6) is 0 Å². The molecule has 9 aromatic rings. The van der Waals surface area contributed by atoms with Gasteiger partial charge in [0.1, 0.15) is 0 Å². The quantitative estimate of drug-likeness (QED) is 0.197. The average Bonchev–Trinajstić information content (AvgIpc) is 3.45. The summed E-state index contributed by atoms with van der Waals surface area (Å²) in [5, 5.41) is 12.9. The molecule has 0 saturated carbocycles. The molecule has 9 rings (SSSR count). The molecule has 2 heteroatoms. The fraction of sp³-hybridized carbons (Fsp3) is 0. The highest BCUT2D eigenvalue weighted by atomic mass is 32.1. The van der Waals surface area contributed by atoms with Crippen molar-refractivity contribution in [2.75, 3.05) is 4.90 Å². The van der Waals surface area contributed by atoms with Crippen LogP contribution in [0, 0.1) is 0 Å². The van der Waals surface area contributed by atoms with Gasteiger partial charge < -0.3 is 4.90 Å². The van der Waals surface area contributed by atoms with Crippen molar-refractivity contribution < 1.29 is 0 Å². The Bertz CT molecular complexity index is 2470. The molecule has 0 saturated heterocycles. The van der Waals surface area contributed by atoms with Crippen LogP contribution in [0.1, 0.15) is 0 Å². The maximum absolute atomic E-state index is 2.44. The molecule has 42 heavy (non-hydrogen) atoms. The molecule has 0 amide bonds. The second-order valence-corrected chi connectivity index (χ2v) is 12.0. The first-order chi connectivity index (χ1) is 20.8. The standard InChI is InChI=1S/C40H25NS/c1-2-11-30(12-3-1)41(36-15-8-16-37-39(36)34-24-22-27-10-5-7-14-33(27)40(34)42-37)31-23-21-28-18-20-29-19-17-26-9-4-6-13-32(26)38(29)35(28)25-31/h1-25H. The van der Waals surface area contributed by atoms with Gasteiger partial charge in [-0.25, -0.2) is 0 Å². The van der Waals surface area contributed by atoms with E-state index in [2.05, 4.69) is 157 Å². The van der Waals surface area contributed by atoms with Gasteiger partial charge in [0.2, 0.25) is 0 Å². The monoisotopic (exact) mass is 551 g/mol. The van der Waals surface area contributed by atoms with E-state index in [-0.39, 0.29) is 0 Å². The molecule has 0 N–H and O–H groups in total. The lowest BCUT2D eigenvalue weighted by molar-refractivity contribution is 1.31. The van der Waals surface area contributed by atoms with E-state index >= 15 is 0 Å². The van der Waals surface area contributed by atoms with Crippen molar-refractivity contribution in [1.29, 1.82) is 0 Å².